The number of aliphatic hydroxyl groups excluding tert-OH is 1. The summed E-state index contributed by atoms with van der Waals surface area (Å²) < 4.78 is 1.83. The van der Waals surface area contributed by atoms with E-state index in [4.69, 9.17) is 5.11 Å². The number of carbonyl (C=O) groups excluding carboxylic acids is 1. The number of carbonyl (C=O) groups is 1. The third-order valence-corrected chi connectivity index (χ3v) is 5.12. The van der Waals surface area contributed by atoms with Crippen molar-refractivity contribution in [3.8, 4) is 0 Å². The number of nitrogens with one attached hydrogen (secondary N) is 1. The summed E-state index contributed by atoms with van der Waals surface area (Å²) in [5.41, 5.74) is 4.32. The number of piperidine rings is 1. The quantitative estimate of drug-likeness (QED) is 0.726. The van der Waals surface area contributed by atoms with E-state index < -0.39 is 0 Å². The molecule has 1 fully saturated rings. The van der Waals surface area contributed by atoms with Gasteiger partial charge in [-0.1, -0.05) is 29.0 Å². The van der Waals surface area contributed by atoms with Gasteiger partial charge in [-0.05, 0) is 50.8 Å². The number of aryl methyl sites for hydroxylation is 2. The highest BCUT2D eigenvalue weighted by atomic mass is 16.3. The lowest BCUT2D eigenvalue weighted by Gasteiger charge is -2.33. The van der Waals surface area contributed by atoms with Gasteiger partial charge in [-0.3, -0.25) is 9.69 Å². The first-order chi connectivity index (χ1) is 13.1. The molecule has 1 aromatic heterocycles. The summed E-state index contributed by atoms with van der Waals surface area (Å²) in [6, 6.07) is 6.84. The molecule has 0 aliphatic carbocycles. The van der Waals surface area contributed by atoms with Gasteiger partial charge in [0.05, 0.1) is 12.2 Å². The smallest absolute Gasteiger partial charge is 0.273 e. The highest BCUT2D eigenvalue weighted by Crippen LogP contribution is 2.23. The van der Waals surface area contributed by atoms with E-state index in [1.54, 1.807) is 6.20 Å². The van der Waals surface area contributed by atoms with Crippen LogP contribution in [0.25, 0.3) is 0 Å². The van der Waals surface area contributed by atoms with E-state index in [-0.39, 0.29) is 18.6 Å². The van der Waals surface area contributed by atoms with Crippen LogP contribution >= 0.6 is 0 Å². The second-order valence-electron chi connectivity index (χ2n) is 7.38. The predicted molar refractivity (Wildman–Crippen MR) is 104 cm³/mol. The molecule has 0 bridgehead atoms. The minimum Gasteiger partial charge on any atom is -0.396 e. The van der Waals surface area contributed by atoms with Gasteiger partial charge in [-0.15, -0.1) is 5.10 Å². The second kappa shape index (κ2) is 9.10. The Morgan fingerprint density at radius 3 is 3.04 bits per heavy atom. The molecule has 1 saturated heterocycles. The highest BCUT2D eigenvalue weighted by molar-refractivity contribution is 5.91. The molecule has 0 saturated carbocycles. The molecule has 2 heterocycles. The largest absolute Gasteiger partial charge is 0.396 e. The number of aliphatic hydroxyl groups is 1. The average Bonchev–Trinajstić information content (AvgIpc) is 3.15. The van der Waals surface area contributed by atoms with Crippen LogP contribution in [0.2, 0.25) is 0 Å². The van der Waals surface area contributed by atoms with Gasteiger partial charge in [-0.2, -0.15) is 0 Å². The maximum atomic E-state index is 12.1. The van der Waals surface area contributed by atoms with E-state index in [1.807, 2.05) is 4.68 Å². The van der Waals surface area contributed by atoms with Crippen molar-refractivity contribution >= 4 is 5.91 Å². The number of hydrogen-bond donors (Lipinski definition) is 2. The minimum atomic E-state index is -0.238. The number of nitrogens with zero attached hydrogens (tertiary/aromatic N) is 4. The zero-order valence-corrected chi connectivity index (χ0v) is 16.2. The first-order valence-electron chi connectivity index (χ1n) is 9.66. The lowest BCUT2D eigenvalue weighted by Crippen LogP contribution is -2.36. The van der Waals surface area contributed by atoms with Gasteiger partial charge in [0.25, 0.3) is 5.91 Å². The van der Waals surface area contributed by atoms with Gasteiger partial charge in [0, 0.05) is 26.2 Å². The molecule has 1 amide bonds. The fourth-order valence-corrected chi connectivity index (χ4v) is 3.53. The van der Waals surface area contributed by atoms with Crippen LogP contribution in [0.15, 0.2) is 24.4 Å². The number of likely N-dealkylation sites (tertiary alicyclic amines) is 1. The summed E-state index contributed by atoms with van der Waals surface area (Å²) in [6.07, 6.45) is 4.42. The Kier molecular flexibility index (Phi) is 6.58. The Bertz CT molecular complexity index is 773. The van der Waals surface area contributed by atoms with E-state index in [2.05, 4.69) is 52.6 Å². The standard InChI is InChI=1S/C20H29N5O2/c1-15-6-7-16(2)17(11-15)12-24-9-3-5-18(13-24)25-14-19(22-23-25)20(27)21-8-4-10-26/h6-7,11,14,18,26H,3-5,8-10,12-13H2,1-2H3,(H,21,27)/t18-/m1/s1. The Labute approximate surface area is 160 Å². The number of amides is 1. The predicted octanol–water partition coefficient (Wildman–Crippen LogP) is 1.84. The zero-order valence-electron chi connectivity index (χ0n) is 16.2. The molecule has 0 spiro atoms. The molecule has 1 aromatic carbocycles. The van der Waals surface area contributed by atoms with Crippen LogP contribution in [0.3, 0.4) is 0 Å². The van der Waals surface area contributed by atoms with Gasteiger partial charge in [-0.25, -0.2) is 4.68 Å². The summed E-state index contributed by atoms with van der Waals surface area (Å²) in [5, 5.41) is 19.8. The summed E-state index contributed by atoms with van der Waals surface area (Å²) in [7, 11) is 0. The number of rotatable bonds is 7. The molecule has 0 radical (unpaired) electrons. The molecule has 2 aromatic rings. The molecule has 146 valence electrons. The van der Waals surface area contributed by atoms with Gasteiger partial charge in [0.1, 0.15) is 0 Å². The zero-order chi connectivity index (χ0) is 19.2. The van der Waals surface area contributed by atoms with Crippen molar-refractivity contribution in [2.75, 3.05) is 26.2 Å². The monoisotopic (exact) mass is 371 g/mol. The molecule has 0 unspecified atom stereocenters. The maximum absolute atomic E-state index is 12.1. The van der Waals surface area contributed by atoms with Crippen molar-refractivity contribution in [2.45, 2.75) is 45.7 Å². The van der Waals surface area contributed by atoms with Crippen LogP contribution in [-0.4, -0.2) is 57.1 Å². The van der Waals surface area contributed by atoms with E-state index in [9.17, 15) is 4.79 Å². The average molecular weight is 371 g/mol. The molecule has 3 rings (SSSR count). The van der Waals surface area contributed by atoms with Gasteiger partial charge >= 0.3 is 0 Å². The Balaban J connectivity index is 1.61. The Morgan fingerprint density at radius 2 is 2.22 bits per heavy atom. The van der Waals surface area contributed by atoms with Crippen molar-refractivity contribution in [2.24, 2.45) is 0 Å². The van der Waals surface area contributed by atoms with E-state index in [0.29, 0.717) is 18.7 Å². The molecular weight excluding hydrogens is 342 g/mol. The lowest BCUT2D eigenvalue weighted by atomic mass is 10.0. The van der Waals surface area contributed by atoms with E-state index in [0.717, 1.165) is 32.5 Å². The summed E-state index contributed by atoms with van der Waals surface area (Å²) >= 11 is 0. The SMILES string of the molecule is Cc1ccc(C)c(CN2CCC[C@@H](n3cc(C(=O)NCCCO)nn3)C2)c1. The first-order valence-corrected chi connectivity index (χ1v) is 9.66. The lowest BCUT2D eigenvalue weighted by molar-refractivity contribution is 0.0946. The molecule has 27 heavy (non-hydrogen) atoms. The highest BCUT2D eigenvalue weighted by Gasteiger charge is 2.23. The minimum absolute atomic E-state index is 0.0608. The van der Waals surface area contributed by atoms with Crippen LogP contribution in [0, 0.1) is 13.8 Å². The van der Waals surface area contributed by atoms with Crippen molar-refractivity contribution in [3.05, 3.63) is 46.8 Å². The fourth-order valence-electron chi connectivity index (χ4n) is 3.53. The van der Waals surface area contributed by atoms with Gasteiger partial charge < -0.3 is 10.4 Å². The van der Waals surface area contributed by atoms with E-state index in [1.165, 1.54) is 16.7 Å². The van der Waals surface area contributed by atoms with Crippen LogP contribution in [0.5, 0.6) is 0 Å². The Hall–Kier alpha value is -2.25. The fraction of sp³-hybridized carbons (Fsp3) is 0.550. The maximum Gasteiger partial charge on any atom is 0.273 e. The number of aromatic nitrogens is 3. The third-order valence-electron chi connectivity index (χ3n) is 5.12. The van der Waals surface area contributed by atoms with E-state index >= 15 is 0 Å². The van der Waals surface area contributed by atoms with Crippen molar-refractivity contribution in [1.29, 1.82) is 0 Å². The molecule has 1 atom stereocenters. The Morgan fingerprint density at radius 1 is 1.37 bits per heavy atom. The topological polar surface area (TPSA) is 83.3 Å². The molecular formula is C20H29N5O2. The third kappa shape index (κ3) is 5.14. The van der Waals surface area contributed by atoms with Crippen LogP contribution in [0.1, 0.15) is 52.5 Å². The summed E-state index contributed by atoms with van der Waals surface area (Å²) in [4.78, 5) is 14.5. The van der Waals surface area contributed by atoms with Crippen LogP contribution < -0.4 is 5.32 Å². The number of hydrogen-bond acceptors (Lipinski definition) is 5. The first kappa shape index (κ1) is 19.5. The van der Waals surface area contributed by atoms with Crippen molar-refractivity contribution < 1.29 is 9.90 Å². The summed E-state index contributed by atoms with van der Waals surface area (Å²) in [5.74, 6) is -0.238. The summed E-state index contributed by atoms with van der Waals surface area (Å²) in [6.45, 7) is 7.71. The van der Waals surface area contributed by atoms with Crippen molar-refractivity contribution in [3.63, 3.8) is 0 Å². The molecule has 1 aliphatic heterocycles. The van der Waals surface area contributed by atoms with Gasteiger partial charge in [0.2, 0.25) is 0 Å². The molecule has 7 heteroatoms. The van der Waals surface area contributed by atoms with Gasteiger partial charge in [0.15, 0.2) is 5.69 Å². The van der Waals surface area contributed by atoms with Crippen LogP contribution in [0.4, 0.5) is 0 Å². The normalized spacial score (nSPS) is 17.8. The number of benzene rings is 1. The molecule has 1 aliphatic rings. The molecule has 7 nitrogen and oxygen atoms in total. The second-order valence-corrected chi connectivity index (χ2v) is 7.38. The molecule has 2 N–H and O–H groups in total. The van der Waals surface area contributed by atoms with Crippen molar-refractivity contribution in [1.82, 2.24) is 25.2 Å². The van der Waals surface area contributed by atoms with Crippen LogP contribution in [-0.2, 0) is 6.54 Å².